The van der Waals surface area contributed by atoms with Crippen LogP contribution in [0.5, 0.6) is 5.75 Å². The summed E-state index contributed by atoms with van der Waals surface area (Å²) in [4.78, 5) is 26.8. The normalized spacial score (nSPS) is 16.7. The molecule has 2 amide bonds. The lowest BCUT2D eigenvalue weighted by Crippen LogP contribution is -2.50. The van der Waals surface area contributed by atoms with E-state index in [1.165, 1.54) is 0 Å². The summed E-state index contributed by atoms with van der Waals surface area (Å²) in [7, 11) is 1.61. The van der Waals surface area contributed by atoms with Crippen LogP contribution in [0.3, 0.4) is 0 Å². The molecule has 5 rings (SSSR count). The molecule has 0 saturated heterocycles. The van der Waals surface area contributed by atoms with Crippen LogP contribution in [0.1, 0.15) is 44.2 Å². The number of nitrogens with zero attached hydrogens (tertiary/aromatic N) is 2. The number of carbonyl (C=O) groups excluding carboxylic acids is 2. The second-order valence-corrected chi connectivity index (χ2v) is 9.12. The molecule has 1 aliphatic heterocycles. The lowest BCUT2D eigenvalue weighted by molar-refractivity contribution is -0.118. The number of rotatable bonds is 5. The van der Waals surface area contributed by atoms with Gasteiger partial charge in [0.05, 0.1) is 18.5 Å². The fourth-order valence-electron chi connectivity index (χ4n) is 4.81. The standard InChI is InChI=1S/C29H28N4O3/c1-17-10-13-21(14-11-17)33-27-24(19(3)32-33)25(22-16-18(2)12-15-23(22)36-4)26(29(35)31-27)30-28(34)20-8-6-5-7-9-20/h5-16,25-26H,1-4H3,(H,30,34)(H,31,35)/t25-,26+/m1/s1. The van der Waals surface area contributed by atoms with E-state index in [0.29, 0.717) is 17.1 Å². The molecule has 182 valence electrons. The number of fused-ring (bicyclic) bond motifs is 1. The fraction of sp³-hybridized carbons (Fsp3) is 0.207. The van der Waals surface area contributed by atoms with Gasteiger partial charge in [-0.05, 0) is 51.1 Å². The van der Waals surface area contributed by atoms with E-state index in [-0.39, 0.29) is 11.8 Å². The molecule has 3 aromatic carbocycles. The first-order chi connectivity index (χ1) is 17.4. The predicted molar refractivity (Wildman–Crippen MR) is 139 cm³/mol. The van der Waals surface area contributed by atoms with E-state index < -0.39 is 12.0 Å². The average Bonchev–Trinajstić information content (AvgIpc) is 3.20. The highest BCUT2D eigenvalue weighted by Crippen LogP contribution is 2.43. The molecule has 2 heterocycles. The summed E-state index contributed by atoms with van der Waals surface area (Å²) in [6, 6.07) is 21.9. The molecular weight excluding hydrogens is 452 g/mol. The molecule has 0 bridgehead atoms. The summed E-state index contributed by atoms with van der Waals surface area (Å²) >= 11 is 0. The first-order valence-corrected chi connectivity index (χ1v) is 11.8. The smallest absolute Gasteiger partial charge is 0.251 e. The topological polar surface area (TPSA) is 85.2 Å². The van der Waals surface area contributed by atoms with Gasteiger partial charge in [-0.2, -0.15) is 5.10 Å². The molecule has 0 fully saturated rings. The average molecular weight is 481 g/mol. The van der Waals surface area contributed by atoms with Crippen LogP contribution in [-0.2, 0) is 4.79 Å². The van der Waals surface area contributed by atoms with Gasteiger partial charge in [0.2, 0.25) is 5.91 Å². The minimum atomic E-state index is -0.865. The summed E-state index contributed by atoms with van der Waals surface area (Å²) in [6.45, 7) is 5.94. The highest BCUT2D eigenvalue weighted by molar-refractivity contribution is 6.04. The van der Waals surface area contributed by atoms with Crippen LogP contribution in [0.4, 0.5) is 5.82 Å². The Morgan fingerprint density at radius 3 is 2.36 bits per heavy atom. The molecule has 0 unspecified atom stereocenters. The number of hydrogen-bond donors (Lipinski definition) is 2. The van der Waals surface area contributed by atoms with Crippen LogP contribution in [0.2, 0.25) is 0 Å². The van der Waals surface area contributed by atoms with E-state index in [4.69, 9.17) is 9.84 Å². The third-order valence-corrected chi connectivity index (χ3v) is 6.60. The number of amides is 2. The molecule has 0 saturated carbocycles. The second-order valence-electron chi connectivity index (χ2n) is 9.12. The number of carbonyl (C=O) groups is 2. The van der Waals surface area contributed by atoms with Gasteiger partial charge in [0.1, 0.15) is 17.6 Å². The second kappa shape index (κ2) is 9.34. The predicted octanol–water partition coefficient (Wildman–Crippen LogP) is 4.69. The summed E-state index contributed by atoms with van der Waals surface area (Å²) in [5.41, 5.74) is 5.90. The third kappa shape index (κ3) is 4.13. The van der Waals surface area contributed by atoms with E-state index in [1.54, 1.807) is 36.1 Å². The fourth-order valence-corrected chi connectivity index (χ4v) is 4.81. The van der Waals surface area contributed by atoms with Crippen LogP contribution in [0, 0.1) is 20.8 Å². The van der Waals surface area contributed by atoms with E-state index >= 15 is 0 Å². The summed E-state index contributed by atoms with van der Waals surface area (Å²) in [5, 5.41) is 10.8. The van der Waals surface area contributed by atoms with Gasteiger partial charge in [-0.15, -0.1) is 0 Å². The van der Waals surface area contributed by atoms with E-state index in [1.807, 2.05) is 69.3 Å². The molecule has 1 aliphatic rings. The van der Waals surface area contributed by atoms with Crippen LogP contribution in [0.15, 0.2) is 72.8 Å². The Balaban J connectivity index is 1.68. The Morgan fingerprint density at radius 1 is 0.972 bits per heavy atom. The summed E-state index contributed by atoms with van der Waals surface area (Å²) in [6.07, 6.45) is 0. The van der Waals surface area contributed by atoms with Gasteiger partial charge in [-0.25, -0.2) is 4.68 Å². The highest BCUT2D eigenvalue weighted by Gasteiger charge is 2.43. The number of anilines is 1. The molecule has 2 atom stereocenters. The monoisotopic (exact) mass is 480 g/mol. The van der Waals surface area contributed by atoms with Gasteiger partial charge in [-0.1, -0.05) is 53.6 Å². The van der Waals surface area contributed by atoms with Crippen molar-refractivity contribution in [1.29, 1.82) is 0 Å². The number of methoxy groups -OCH3 is 1. The van der Waals surface area contributed by atoms with Crippen molar-refractivity contribution < 1.29 is 14.3 Å². The van der Waals surface area contributed by atoms with Gasteiger partial charge in [0.15, 0.2) is 0 Å². The van der Waals surface area contributed by atoms with Crippen molar-refractivity contribution in [3.05, 3.63) is 106 Å². The van der Waals surface area contributed by atoms with Gasteiger partial charge in [0.25, 0.3) is 5.91 Å². The van der Waals surface area contributed by atoms with Crippen LogP contribution < -0.4 is 15.4 Å². The largest absolute Gasteiger partial charge is 0.496 e. The molecule has 2 N–H and O–H groups in total. The van der Waals surface area contributed by atoms with Crippen molar-refractivity contribution >= 4 is 17.6 Å². The Bertz CT molecular complexity index is 1440. The van der Waals surface area contributed by atoms with Crippen molar-refractivity contribution in [2.75, 3.05) is 12.4 Å². The molecule has 4 aromatic rings. The molecular formula is C29H28N4O3. The molecule has 0 aliphatic carbocycles. The number of aromatic nitrogens is 2. The third-order valence-electron chi connectivity index (χ3n) is 6.60. The molecule has 7 nitrogen and oxygen atoms in total. The number of aryl methyl sites for hydroxylation is 3. The maximum absolute atomic E-state index is 13.6. The van der Waals surface area contributed by atoms with Crippen molar-refractivity contribution in [3.63, 3.8) is 0 Å². The van der Waals surface area contributed by atoms with Crippen molar-refractivity contribution in [1.82, 2.24) is 15.1 Å². The SMILES string of the molecule is COc1ccc(C)cc1[C@@H]1c2c(C)nn(-c3ccc(C)cc3)c2NC(=O)[C@H]1NC(=O)c1ccccc1. The Labute approximate surface area is 210 Å². The summed E-state index contributed by atoms with van der Waals surface area (Å²) < 4.78 is 7.47. The Morgan fingerprint density at radius 2 is 1.67 bits per heavy atom. The Hall–Kier alpha value is -4.39. The molecule has 36 heavy (non-hydrogen) atoms. The van der Waals surface area contributed by atoms with Crippen LogP contribution >= 0.6 is 0 Å². The van der Waals surface area contributed by atoms with E-state index in [9.17, 15) is 9.59 Å². The van der Waals surface area contributed by atoms with Crippen LogP contribution in [-0.4, -0.2) is 34.7 Å². The maximum atomic E-state index is 13.6. The number of nitrogens with one attached hydrogen (secondary N) is 2. The van der Waals surface area contributed by atoms with Gasteiger partial charge < -0.3 is 15.4 Å². The van der Waals surface area contributed by atoms with E-state index in [2.05, 4.69) is 10.6 Å². The molecule has 7 heteroatoms. The zero-order chi connectivity index (χ0) is 25.4. The molecule has 0 radical (unpaired) electrons. The minimum absolute atomic E-state index is 0.311. The number of hydrogen-bond acceptors (Lipinski definition) is 4. The molecule has 0 spiro atoms. The Kier molecular flexibility index (Phi) is 6.06. The lowest BCUT2D eigenvalue weighted by Gasteiger charge is -2.33. The highest BCUT2D eigenvalue weighted by atomic mass is 16.5. The lowest BCUT2D eigenvalue weighted by atomic mass is 9.81. The zero-order valence-corrected chi connectivity index (χ0v) is 20.7. The quantitative estimate of drug-likeness (QED) is 0.434. The zero-order valence-electron chi connectivity index (χ0n) is 20.7. The number of benzene rings is 3. The van der Waals surface area contributed by atoms with Crippen molar-refractivity contribution in [2.24, 2.45) is 0 Å². The van der Waals surface area contributed by atoms with Gasteiger partial charge >= 0.3 is 0 Å². The van der Waals surface area contributed by atoms with E-state index in [0.717, 1.165) is 33.6 Å². The summed E-state index contributed by atoms with van der Waals surface area (Å²) in [5.74, 6) is 0.108. The van der Waals surface area contributed by atoms with Gasteiger partial charge in [-0.3, -0.25) is 9.59 Å². The molecule has 1 aromatic heterocycles. The minimum Gasteiger partial charge on any atom is -0.496 e. The van der Waals surface area contributed by atoms with Crippen molar-refractivity contribution in [2.45, 2.75) is 32.7 Å². The van der Waals surface area contributed by atoms with Crippen LogP contribution in [0.25, 0.3) is 5.69 Å². The van der Waals surface area contributed by atoms with Gasteiger partial charge in [0, 0.05) is 22.6 Å². The maximum Gasteiger partial charge on any atom is 0.251 e. The first kappa shape index (κ1) is 23.4. The van der Waals surface area contributed by atoms with Crippen molar-refractivity contribution in [3.8, 4) is 11.4 Å². The first-order valence-electron chi connectivity index (χ1n) is 11.8. The number of ether oxygens (including phenoxy) is 1.